The number of nitrogens with one attached hydrogen (secondary N) is 1. The molecular weight excluding hydrogens is 246 g/mol. The van der Waals surface area contributed by atoms with Crippen molar-refractivity contribution < 1.29 is 4.79 Å². The van der Waals surface area contributed by atoms with Crippen LogP contribution < -0.4 is 5.32 Å². The Morgan fingerprint density at radius 1 is 1.44 bits per heavy atom. The van der Waals surface area contributed by atoms with Crippen LogP contribution in [0.25, 0.3) is 0 Å². The molecule has 18 heavy (non-hydrogen) atoms. The first kappa shape index (κ1) is 13.0. The number of thioether (sulfide) groups is 1. The SMILES string of the molecule is Cc1ccc(C)c(NC(=O)N=C2SCCN2C)c1. The smallest absolute Gasteiger partial charge is 0.347 e. The summed E-state index contributed by atoms with van der Waals surface area (Å²) in [6, 6.07) is 5.67. The second-order valence-electron chi connectivity index (χ2n) is 4.41. The van der Waals surface area contributed by atoms with Crippen molar-refractivity contribution in [1.29, 1.82) is 0 Å². The maximum atomic E-state index is 11.8. The lowest BCUT2D eigenvalue weighted by Crippen LogP contribution is -2.20. The second kappa shape index (κ2) is 5.44. The van der Waals surface area contributed by atoms with Crippen molar-refractivity contribution >= 4 is 28.6 Å². The number of anilines is 1. The molecule has 0 bridgehead atoms. The number of carbonyl (C=O) groups is 1. The summed E-state index contributed by atoms with van der Waals surface area (Å²) in [7, 11) is 1.95. The minimum Gasteiger partial charge on any atom is -0.353 e. The van der Waals surface area contributed by atoms with Gasteiger partial charge in [-0.1, -0.05) is 23.9 Å². The molecule has 1 heterocycles. The van der Waals surface area contributed by atoms with Gasteiger partial charge in [0.25, 0.3) is 0 Å². The van der Waals surface area contributed by atoms with Gasteiger partial charge in [0.05, 0.1) is 0 Å². The molecule has 5 heteroatoms. The van der Waals surface area contributed by atoms with E-state index in [1.807, 2.05) is 44.0 Å². The molecule has 0 aromatic heterocycles. The molecule has 96 valence electrons. The van der Waals surface area contributed by atoms with Gasteiger partial charge in [0, 0.05) is 25.0 Å². The van der Waals surface area contributed by atoms with Crippen LogP contribution in [-0.4, -0.2) is 35.4 Å². The molecular formula is C13H17N3OS. The van der Waals surface area contributed by atoms with E-state index in [4.69, 9.17) is 0 Å². The summed E-state index contributed by atoms with van der Waals surface area (Å²) in [5.74, 6) is 0.992. The van der Waals surface area contributed by atoms with Gasteiger partial charge in [-0.25, -0.2) is 4.79 Å². The zero-order valence-corrected chi connectivity index (χ0v) is 11.7. The van der Waals surface area contributed by atoms with E-state index in [9.17, 15) is 4.79 Å². The van der Waals surface area contributed by atoms with E-state index < -0.39 is 0 Å². The molecule has 1 aromatic rings. The number of rotatable bonds is 1. The van der Waals surface area contributed by atoms with E-state index in [-0.39, 0.29) is 6.03 Å². The van der Waals surface area contributed by atoms with Gasteiger partial charge in [0.2, 0.25) is 0 Å². The highest BCUT2D eigenvalue weighted by molar-refractivity contribution is 8.14. The number of nitrogens with zero attached hydrogens (tertiary/aromatic N) is 2. The third-order valence-corrected chi connectivity index (χ3v) is 3.86. The number of urea groups is 1. The number of hydrogen-bond acceptors (Lipinski definition) is 2. The summed E-state index contributed by atoms with van der Waals surface area (Å²) < 4.78 is 0. The largest absolute Gasteiger partial charge is 0.353 e. The first-order valence-electron chi connectivity index (χ1n) is 5.87. The predicted molar refractivity (Wildman–Crippen MR) is 77.5 cm³/mol. The van der Waals surface area contributed by atoms with Crippen molar-refractivity contribution in [3.8, 4) is 0 Å². The second-order valence-corrected chi connectivity index (χ2v) is 5.47. The van der Waals surface area contributed by atoms with Gasteiger partial charge in [-0.2, -0.15) is 4.99 Å². The summed E-state index contributed by atoms with van der Waals surface area (Å²) >= 11 is 1.61. The van der Waals surface area contributed by atoms with E-state index in [1.54, 1.807) is 11.8 Å². The molecule has 1 N–H and O–H groups in total. The van der Waals surface area contributed by atoms with E-state index in [1.165, 1.54) is 0 Å². The first-order valence-corrected chi connectivity index (χ1v) is 6.85. The zero-order chi connectivity index (χ0) is 13.1. The highest BCUT2D eigenvalue weighted by atomic mass is 32.2. The molecule has 1 aliphatic rings. The standard InChI is InChI=1S/C13H17N3OS/c1-9-4-5-10(2)11(8-9)14-12(17)15-13-16(3)6-7-18-13/h4-5,8H,6-7H2,1-3H3,(H,14,17). The van der Waals surface area contributed by atoms with Crippen molar-refractivity contribution in [1.82, 2.24) is 4.90 Å². The number of carbonyl (C=O) groups excluding carboxylic acids is 1. The monoisotopic (exact) mass is 263 g/mol. The fraction of sp³-hybridized carbons (Fsp3) is 0.385. The molecule has 1 aromatic carbocycles. The Hall–Kier alpha value is -1.49. The maximum absolute atomic E-state index is 11.8. The van der Waals surface area contributed by atoms with Crippen LogP contribution in [0.1, 0.15) is 11.1 Å². The quantitative estimate of drug-likeness (QED) is 0.847. The fourth-order valence-electron chi connectivity index (χ4n) is 1.70. The molecule has 0 radical (unpaired) electrons. The number of benzene rings is 1. The van der Waals surface area contributed by atoms with Gasteiger partial charge in [-0.15, -0.1) is 0 Å². The Morgan fingerprint density at radius 2 is 2.22 bits per heavy atom. The van der Waals surface area contributed by atoms with Crippen molar-refractivity contribution in [3.63, 3.8) is 0 Å². The minimum atomic E-state index is -0.306. The van der Waals surface area contributed by atoms with Crippen molar-refractivity contribution in [3.05, 3.63) is 29.3 Å². The van der Waals surface area contributed by atoms with Gasteiger partial charge in [-0.3, -0.25) is 0 Å². The molecule has 0 saturated carbocycles. The summed E-state index contributed by atoms with van der Waals surface area (Å²) in [5, 5.41) is 3.62. The lowest BCUT2D eigenvalue weighted by Gasteiger charge is -2.10. The molecule has 1 fully saturated rings. The molecule has 4 nitrogen and oxygen atoms in total. The summed E-state index contributed by atoms with van der Waals surface area (Å²) in [6.07, 6.45) is 0. The predicted octanol–water partition coefficient (Wildman–Crippen LogP) is 2.87. The molecule has 0 spiro atoms. The van der Waals surface area contributed by atoms with Crippen molar-refractivity contribution in [2.75, 3.05) is 24.7 Å². The Balaban J connectivity index is 2.09. The number of hydrogen-bond donors (Lipinski definition) is 1. The lowest BCUT2D eigenvalue weighted by molar-refractivity contribution is 0.259. The maximum Gasteiger partial charge on any atom is 0.347 e. The van der Waals surface area contributed by atoms with Crippen LogP contribution in [0.2, 0.25) is 0 Å². The Bertz CT molecular complexity index is 499. The van der Waals surface area contributed by atoms with Crippen LogP contribution in [-0.2, 0) is 0 Å². The number of aliphatic imine (C=N–C) groups is 1. The molecule has 2 amide bonds. The highest BCUT2D eigenvalue weighted by Crippen LogP contribution is 2.18. The average Bonchev–Trinajstić information content (AvgIpc) is 2.70. The zero-order valence-electron chi connectivity index (χ0n) is 10.9. The third kappa shape index (κ3) is 3.04. The molecule has 2 rings (SSSR count). The molecule has 0 aliphatic carbocycles. The van der Waals surface area contributed by atoms with Gasteiger partial charge in [0.15, 0.2) is 5.17 Å². The van der Waals surface area contributed by atoms with Crippen LogP contribution in [0.5, 0.6) is 0 Å². The van der Waals surface area contributed by atoms with E-state index in [0.717, 1.165) is 34.3 Å². The van der Waals surface area contributed by atoms with Crippen LogP contribution >= 0.6 is 11.8 Å². The minimum absolute atomic E-state index is 0.306. The first-order chi connectivity index (χ1) is 8.56. The highest BCUT2D eigenvalue weighted by Gasteiger charge is 2.16. The topological polar surface area (TPSA) is 44.7 Å². The lowest BCUT2D eigenvalue weighted by atomic mass is 10.1. The van der Waals surface area contributed by atoms with Crippen LogP contribution in [0.3, 0.4) is 0 Å². The molecule has 0 unspecified atom stereocenters. The van der Waals surface area contributed by atoms with Crippen molar-refractivity contribution in [2.24, 2.45) is 4.99 Å². The molecule has 1 saturated heterocycles. The van der Waals surface area contributed by atoms with Gasteiger partial charge < -0.3 is 10.2 Å². The Labute approximate surface area is 111 Å². The summed E-state index contributed by atoms with van der Waals surface area (Å²) in [5.41, 5.74) is 2.99. The summed E-state index contributed by atoms with van der Waals surface area (Å²) in [6.45, 7) is 4.92. The molecule has 0 atom stereocenters. The van der Waals surface area contributed by atoms with E-state index in [2.05, 4.69) is 10.3 Å². The third-order valence-electron chi connectivity index (χ3n) is 2.82. The number of amides is 2. The number of amidine groups is 1. The fourth-order valence-corrected chi connectivity index (χ4v) is 2.70. The molecule has 1 aliphatic heterocycles. The van der Waals surface area contributed by atoms with Crippen LogP contribution in [0.15, 0.2) is 23.2 Å². The van der Waals surface area contributed by atoms with Gasteiger partial charge >= 0.3 is 6.03 Å². The summed E-state index contributed by atoms with van der Waals surface area (Å²) in [4.78, 5) is 17.9. The van der Waals surface area contributed by atoms with Crippen molar-refractivity contribution in [2.45, 2.75) is 13.8 Å². The van der Waals surface area contributed by atoms with E-state index >= 15 is 0 Å². The number of aryl methyl sites for hydroxylation is 2. The average molecular weight is 263 g/mol. The normalized spacial score (nSPS) is 17.3. The van der Waals surface area contributed by atoms with E-state index in [0.29, 0.717) is 0 Å². The Kier molecular flexibility index (Phi) is 3.91. The van der Waals surface area contributed by atoms with Gasteiger partial charge in [-0.05, 0) is 31.0 Å². The van der Waals surface area contributed by atoms with Crippen LogP contribution in [0.4, 0.5) is 10.5 Å². The Morgan fingerprint density at radius 3 is 2.89 bits per heavy atom. The van der Waals surface area contributed by atoms with Crippen LogP contribution in [0, 0.1) is 13.8 Å². The van der Waals surface area contributed by atoms with Gasteiger partial charge in [0.1, 0.15) is 0 Å².